The summed E-state index contributed by atoms with van der Waals surface area (Å²) in [6, 6.07) is 42.1. The quantitative estimate of drug-likeness (QED) is 0.0798. The average Bonchev–Trinajstić information content (AvgIpc) is 3.28. The molecule has 60 heavy (non-hydrogen) atoms. The highest BCUT2D eigenvalue weighted by Gasteiger charge is 2.38. The second kappa shape index (κ2) is 21.0. The van der Waals surface area contributed by atoms with Crippen LogP contribution in [0.2, 0.25) is 0 Å². The predicted octanol–water partition coefficient (Wildman–Crippen LogP) is 15.6. The van der Waals surface area contributed by atoms with E-state index in [4.69, 9.17) is 0 Å². The van der Waals surface area contributed by atoms with Crippen molar-refractivity contribution >= 4 is 57.8 Å². The minimum absolute atomic E-state index is 0.153. The summed E-state index contributed by atoms with van der Waals surface area (Å²) in [7, 11) is 0. The van der Waals surface area contributed by atoms with Crippen LogP contribution in [0.25, 0.3) is 0 Å². The van der Waals surface area contributed by atoms with Gasteiger partial charge in [-0.2, -0.15) is 0 Å². The number of anilines is 4. The number of ketones is 2. The van der Waals surface area contributed by atoms with E-state index in [9.17, 15) is 0 Å². The number of unbranched alkanes of at least 4 members (excludes halogenated alkanes) is 4. The van der Waals surface area contributed by atoms with Gasteiger partial charge in [-0.15, -0.1) is 0 Å². The predicted molar refractivity (Wildman–Crippen MR) is 255 cm³/mol. The molecule has 0 radical (unpaired) electrons. The first-order valence-corrected chi connectivity index (χ1v) is 23.7. The Bertz CT molecular complexity index is 2050. The van der Waals surface area contributed by atoms with Crippen LogP contribution in [-0.4, -0.2) is 11.6 Å². The molecule has 0 fully saturated rings. The number of carbonyl (C=O) groups excluding carboxylic acids is 2. The highest BCUT2D eigenvalue weighted by molar-refractivity contribution is 8.00. The molecule has 6 aromatic carbocycles. The number of benzene rings is 6. The molecule has 0 bridgehead atoms. The molecule has 2 N–H and O–H groups in total. The normalized spacial score (nSPS) is 12.0. The second-order valence-electron chi connectivity index (χ2n) is 15.9. The zero-order chi connectivity index (χ0) is 41.8. The number of aryl methyl sites for hydroxylation is 4. The topological polar surface area (TPSA) is 58.2 Å². The SMILES string of the molecule is CCCCc1ccc(Nc2ccc(Nc3ccc(CCCC)cc3)c3c2C(=O)c2c(Sc4ccc(CCCC)cc4)ccc(Sc4ccc(CCCC)cc4)c2C3=O)cc1. The van der Waals surface area contributed by atoms with Crippen molar-refractivity contribution in [3.63, 3.8) is 0 Å². The zero-order valence-corrected chi connectivity index (χ0v) is 37.3. The molecule has 0 amide bonds. The van der Waals surface area contributed by atoms with Crippen LogP contribution in [0.1, 0.15) is 133 Å². The average molecular weight is 831 g/mol. The largest absolute Gasteiger partial charge is 0.355 e. The molecule has 6 heteroatoms. The van der Waals surface area contributed by atoms with Crippen LogP contribution >= 0.6 is 23.5 Å². The molecule has 0 saturated heterocycles. The van der Waals surface area contributed by atoms with Gasteiger partial charge in [-0.25, -0.2) is 0 Å². The Morgan fingerprint density at radius 2 is 0.667 bits per heavy atom. The van der Waals surface area contributed by atoms with Gasteiger partial charge in [-0.05, 0) is 146 Å². The van der Waals surface area contributed by atoms with Gasteiger partial charge in [-0.1, -0.05) is 125 Å². The van der Waals surface area contributed by atoms with Crippen molar-refractivity contribution in [3.8, 4) is 0 Å². The lowest BCUT2D eigenvalue weighted by Crippen LogP contribution is -2.25. The molecule has 0 spiro atoms. The number of carbonyl (C=O) groups is 2. The van der Waals surface area contributed by atoms with E-state index in [1.54, 1.807) is 23.5 Å². The molecular weight excluding hydrogens is 773 g/mol. The van der Waals surface area contributed by atoms with Crippen molar-refractivity contribution in [1.29, 1.82) is 0 Å². The van der Waals surface area contributed by atoms with Gasteiger partial charge in [0, 0.05) is 42.1 Å². The lowest BCUT2D eigenvalue weighted by Gasteiger charge is -2.27. The molecule has 0 aliphatic heterocycles. The molecule has 4 nitrogen and oxygen atoms in total. The van der Waals surface area contributed by atoms with Gasteiger partial charge in [0.1, 0.15) is 0 Å². The monoisotopic (exact) mass is 830 g/mol. The van der Waals surface area contributed by atoms with Crippen LogP contribution in [0.15, 0.2) is 141 Å². The van der Waals surface area contributed by atoms with Crippen LogP contribution in [0.4, 0.5) is 22.7 Å². The van der Waals surface area contributed by atoms with Crippen LogP contribution in [0.3, 0.4) is 0 Å². The fourth-order valence-electron chi connectivity index (χ4n) is 7.76. The summed E-state index contributed by atoms with van der Waals surface area (Å²) in [6.45, 7) is 8.84. The first-order valence-electron chi connectivity index (χ1n) is 22.1. The Morgan fingerprint density at radius 1 is 0.367 bits per heavy atom. The van der Waals surface area contributed by atoms with Gasteiger partial charge < -0.3 is 10.6 Å². The summed E-state index contributed by atoms with van der Waals surface area (Å²) in [5, 5.41) is 7.14. The fraction of sp³-hybridized carbons (Fsp3) is 0.296. The summed E-state index contributed by atoms with van der Waals surface area (Å²) in [6.07, 6.45) is 13.3. The van der Waals surface area contributed by atoms with E-state index in [0.29, 0.717) is 33.6 Å². The van der Waals surface area contributed by atoms with Crippen LogP contribution in [0.5, 0.6) is 0 Å². The van der Waals surface area contributed by atoms with E-state index in [-0.39, 0.29) is 11.6 Å². The maximum absolute atomic E-state index is 15.5. The van der Waals surface area contributed by atoms with E-state index in [1.165, 1.54) is 22.3 Å². The summed E-state index contributed by atoms with van der Waals surface area (Å²) in [5.74, 6) is -0.306. The molecule has 308 valence electrons. The Kier molecular flexibility index (Phi) is 15.0. The standard InChI is InChI=1S/C54H58N2O2S2/c1-5-9-13-37-17-25-41(26-18-37)55-45-33-34-46(56-42-27-19-38(20-28-42)14-10-6-2)50-49(45)53(57)51-47(59-43-29-21-39(22-30-43)15-11-7-3)35-36-48(52(51)54(50)58)60-44-31-23-40(24-32-44)16-12-8-4/h17-36,55-56H,5-16H2,1-4H3. The van der Waals surface area contributed by atoms with Gasteiger partial charge in [-0.3, -0.25) is 9.59 Å². The minimum atomic E-state index is -0.153. The number of hydrogen-bond acceptors (Lipinski definition) is 6. The number of rotatable bonds is 20. The Morgan fingerprint density at radius 3 is 0.967 bits per heavy atom. The fourth-order valence-corrected chi connectivity index (χ4v) is 9.68. The second-order valence-corrected chi connectivity index (χ2v) is 18.2. The third-order valence-corrected chi connectivity index (χ3v) is 13.4. The molecule has 1 aliphatic carbocycles. The number of fused-ring (bicyclic) bond motifs is 2. The van der Waals surface area contributed by atoms with Crippen molar-refractivity contribution in [3.05, 3.63) is 166 Å². The van der Waals surface area contributed by atoms with Gasteiger partial charge in [0.25, 0.3) is 0 Å². The van der Waals surface area contributed by atoms with E-state index in [0.717, 1.165) is 108 Å². The molecule has 1 aliphatic rings. The molecular formula is C54H58N2O2S2. The summed E-state index contributed by atoms with van der Waals surface area (Å²) >= 11 is 3.11. The number of hydrogen-bond donors (Lipinski definition) is 2. The molecule has 7 rings (SSSR count). The third-order valence-electron chi connectivity index (χ3n) is 11.3. The third kappa shape index (κ3) is 10.5. The molecule has 0 saturated carbocycles. The smallest absolute Gasteiger partial charge is 0.197 e. The Labute approximate surface area is 366 Å². The van der Waals surface area contributed by atoms with Crippen molar-refractivity contribution in [1.82, 2.24) is 0 Å². The highest BCUT2D eigenvalue weighted by Crippen LogP contribution is 2.46. The van der Waals surface area contributed by atoms with Gasteiger partial charge in [0.15, 0.2) is 11.6 Å². The van der Waals surface area contributed by atoms with Crippen molar-refractivity contribution in [2.45, 2.75) is 124 Å². The van der Waals surface area contributed by atoms with Crippen molar-refractivity contribution in [2.75, 3.05) is 10.6 Å². The van der Waals surface area contributed by atoms with E-state index in [1.807, 2.05) is 24.3 Å². The summed E-state index contributed by atoms with van der Waals surface area (Å²) in [4.78, 5) is 34.6. The van der Waals surface area contributed by atoms with Gasteiger partial charge in [0.05, 0.1) is 22.5 Å². The first kappa shape index (κ1) is 43.1. The Balaban J connectivity index is 1.33. The first-order chi connectivity index (χ1) is 29.4. The van der Waals surface area contributed by atoms with Crippen LogP contribution < -0.4 is 10.6 Å². The van der Waals surface area contributed by atoms with E-state index in [2.05, 4.69) is 135 Å². The zero-order valence-electron chi connectivity index (χ0n) is 35.7. The van der Waals surface area contributed by atoms with E-state index >= 15 is 9.59 Å². The van der Waals surface area contributed by atoms with Crippen molar-refractivity contribution < 1.29 is 9.59 Å². The molecule has 6 aromatic rings. The lowest BCUT2D eigenvalue weighted by atomic mass is 9.82. The van der Waals surface area contributed by atoms with Gasteiger partial charge in [0.2, 0.25) is 0 Å². The summed E-state index contributed by atoms with van der Waals surface area (Å²) < 4.78 is 0. The molecule has 0 heterocycles. The molecule has 0 unspecified atom stereocenters. The highest BCUT2D eigenvalue weighted by atomic mass is 32.2. The number of nitrogens with one attached hydrogen (secondary N) is 2. The van der Waals surface area contributed by atoms with Crippen LogP contribution in [-0.2, 0) is 25.7 Å². The maximum Gasteiger partial charge on any atom is 0.197 e. The van der Waals surface area contributed by atoms with E-state index < -0.39 is 0 Å². The minimum Gasteiger partial charge on any atom is -0.355 e. The van der Waals surface area contributed by atoms with Gasteiger partial charge >= 0.3 is 0 Å². The molecule has 0 aromatic heterocycles. The Hall–Kier alpha value is -5.04. The lowest BCUT2D eigenvalue weighted by molar-refractivity contribution is 0.0976. The summed E-state index contributed by atoms with van der Waals surface area (Å²) in [5.41, 5.74) is 9.88. The van der Waals surface area contributed by atoms with Crippen molar-refractivity contribution in [2.24, 2.45) is 0 Å². The maximum atomic E-state index is 15.5. The molecule has 0 atom stereocenters. The van der Waals surface area contributed by atoms with Crippen LogP contribution in [0, 0.1) is 0 Å².